The lowest BCUT2D eigenvalue weighted by Gasteiger charge is -2.48. The molecule has 0 radical (unpaired) electrons. The monoisotopic (exact) mass is 629 g/mol. The highest BCUT2D eigenvalue weighted by Crippen LogP contribution is 2.34. The molecule has 0 aromatic heterocycles. The molecule has 14 atom stereocenters. The topological polar surface area (TPSA) is 248 Å². The molecule has 0 amide bonds. The number of thioether (sulfide) groups is 1. The van der Waals surface area contributed by atoms with E-state index in [0.717, 1.165) is 10.5 Å². The summed E-state index contributed by atoms with van der Waals surface area (Å²) in [7, 11) is 0. The van der Waals surface area contributed by atoms with Gasteiger partial charge >= 0.3 is 0 Å². The molecule has 3 fully saturated rings. The zero-order valence-electron chi connectivity index (χ0n) is 25.4. The van der Waals surface area contributed by atoms with E-state index in [1.807, 2.05) is 6.92 Å². The molecule has 2 saturated heterocycles. The van der Waals surface area contributed by atoms with Crippen LogP contribution in [0.25, 0.3) is 0 Å². The van der Waals surface area contributed by atoms with E-state index >= 15 is 0 Å². The van der Waals surface area contributed by atoms with Gasteiger partial charge in [0.1, 0.15) is 24.4 Å². The van der Waals surface area contributed by atoms with Crippen molar-refractivity contribution in [2.45, 2.75) is 136 Å². The molecule has 0 unspecified atom stereocenters. The van der Waals surface area contributed by atoms with Crippen LogP contribution in [-0.2, 0) is 24.4 Å². The molecule has 1 saturated carbocycles. The van der Waals surface area contributed by atoms with E-state index in [1.165, 1.54) is 17.3 Å². The van der Waals surface area contributed by atoms with E-state index < -0.39 is 85.6 Å². The van der Waals surface area contributed by atoms with Crippen LogP contribution in [0.3, 0.4) is 0 Å². The predicted octanol–water partition coefficient (Wildman–Crippen LogP) is -1.89. The Labute approximate surface area is 257 Å². The van der Waals surface area contributed by atoms with Crippen molar-refractivity contribution >= 4 is 11.8 Å². The minimum atomic E-state index is -1.39. The Morgan fingerprint density at radius 2 is 1.44 bits per heavy atom. The fourth-order valence-electron chi connectivity index (χ4n) is 5.81. The number of nitrogens with two attached hydrogens (primary N) is 5. The van der Waals surface area contributed by atoms with Gasteiger partial charge in [-0.25, -0.2) is 0 Å². The average molecular weight is 630 g/mol. The summed E-state index contributed by atoms with van der Waals surface area (Å²) in [6, 6.07) is 3.17. The van der Waals surface area contributed by atoms with Crippen molar-refractivity contribution in [3.63, 3.8) is 0 Å². The number of aliphatic hydroxyl groups is 4. The van der Waals surface area contributed by atoms with Crippen molar-refractivity contribution in [3.05, 3.63) is 29.3 Å². The molecular weight excluding hydrogens is 578 g/mol. The van der Waals surface area contributed by atoms with Crippen LogP contribution in [-0.4, -0.2) is 118 Å². The first kappa shape index (κ1) is 34.9. The molecule has 246 valence electrons. The van der Waals surface area contributed by atoms with Crippen molar-refractivity contribution in [1.29, 1.82) is 0 Å². The summed E-state index contributed by atoms with van der Waals surface area (Å²) >= 11 is 1.52. The van der Waals surface area contributed by atoms with Gasteiger partial charge in [0, 0.05) is 29.3 Å². The lowest BCUT2D eigenvalue weighted by Crippen LogP contribution is -2.68. The average Bonchev–Trinajstić information content (AvgIpc) is 2.93. The van der Waals surface area contributed by atoms with Gasteiger partial charge in [-0.05, 0) is 42.4 Å². The largest absolute Gasteiger partial charge is 0.390 e. The molecule has 1 aromatic rings. The maximum Gasteiger partial charge on any atom is 0.186 e. The number of aryl methyl sites for hydroxylation is 1. The highest BCUT2D eigenvalue weighted by atomic mass is 32.2. The molecule has 14 N–H and O–H groups in total. The molecule has 13 nitrogen and oxygen atoms in total. The Morgan fingerprint density at radius 3 is 2.05 bits per heavy atom. The Balaban J connectivity index is 1.44. The van der Waals surface area contributed by atoms with Gasteiger partial charge in [0.15, 0.2) is 12.6 Å². The number of hydrogen-bond acceptors (Lipinski definition) is 14. The van der Waals surface area contributed by atoms with Crippen molar-refractivity contribution < 1.29 is 39.4 Å². The van der Waals surface area contributed by atoms with Crippen LogP contribution in [0.1, 0.15) is 44.7 Å². The van der Waals surface area contributed by atoms with E-state index in [9.17, 15) is 20.4 Å². The Hall–Kier alpha value is -0.950. The maximum atomic E-state index is 11.3. The van der Waals surface area contributed by atoms with Crippen LogP contribution >= 0.6 is 11.8 Å². The zero-order chi connectivity index (χ0) is 31.8. The van der Waals surface area contributed by atoms with E-state index in [4.69, 9.17) is 47.6 Å². The summed E-state index contributed by atoms with van der Waals surface area (Å²) in [5.74, 6) is 0.344. The van der Waals surface area contributed by atoms with E-state index in [0.29, 0.717) is 5.75 Å². The fourth-order valence-corrected chi connectivity index (χ4v) is 6.93. The SMILES string of the molecule is Cc1ccc(C(C)(C)C)cc1SC[C@H]1O[C@H](O[C@@H]2[C@@H](O)[C@H](O[C@H]3O[C@H](CN)[C@@H](O)C[C@H]3N)[C@@H](N)C[C@H]2N)[C@H](O)[C@@H](N)[C@@H]1O. The second-order valence-corrected chi connectivity index (χ2v) is 14.2. The second-order valence-electron chi connectivity index (χ2n) is 13.1. The first-order valence-corrected chi connectivity index (χ1v) is 15.9. The molecule has 1 aromatic carbocycles. The number of rotatable bonds is 8. The van der Waals surface area contributed by atoms with Crippen molar-refractivity contribution in [1.82, 2.24) is 0 Å². The van der Waals surface area contributed by atoms with Gasteiger partial charge in [-0.3, -0.25) is 0 Å². The Kier molecular flexibility index (Phi) is 11.5. The fraction of sp³-hybridized carbons (Fsp3) is 0.793. The summed E-state index contributed by atoms with van der Waals surface area (Å²) in [5.41, 5.74) is 33.0. The van der Waals surface area contributed by atoms with Gasteiger partial charge < -0.3 is 68.0 Å². The molecule has 2 aliphatic heterocycles. The third-order valence-electron chi connectivity index (χ3n) is 8.69. The molecule has 0 spiro atoms. The van der Waals surface area contributed by atoms with E-state index in [-0.39, 0.29) is 24.8 Å². The first-order valence-electron chi connectivity index (χ1n) is 14.9. The van der Waals surface area contributed by atoms with Gasteiger partial charge in [0.05, 0.1) is 36.5 Å². The van der Waals surface area contributed by atoms with Crippen LogP contribution in [0.2, 0.25) is 0 Å². The number of benzene rings is 1. The molecule has 3 aliphatic rings. The summed E-state index contributed by atoms with van der Waals surface area (Å²) in [6.07, 6.45) is -10.0. The Morgan fingerprint density at radius 1 is 0.837 bits per heavy atom. The molecule has 2 heterocycles. The number of aliphatic hydroxyl groups excluding tert-OH is 4. The van der Waals surface area contributed by atoms with Crippen LogP contribution in [0.15, 0.2) is 23.1 Å². The lowest BCUT2D eigenvalue weighted by atomic mass is 9.84. The molecule has 0 bridgehead atoms. The van der Waals surface area contributed by atoms with Crippen LogP contribution in [0.5, 0.6) is 0 Å². The highest BCUT2D eigenvalue weighted by molar-refractivity contribution is 7.99. The standard InChI is InChI=1S/C29H51N5O8S/c1-12-5-6-13(29(2,3)4)7-20(12)43-11-19-22(36)21(34)23(37)28(40-19)42-26-15(32)8-14(31)25(24(26)38)41-27-16(33)9-17(35)18(10-30)39-27/h5-7,14-19,21-28,35-38H,8-11,30-34H2,1-4H3/t14-,15+,16+,17-,18+,19+,21-,22+,23+,24-,25+,26-,27+,28+/m0/s1. The summed E-state index contributed by atoms with van der Waals surface area (Å²) in [4.78, 5) is 1.05. The van der Waals surface area contributed by atoms with Crippen molar-refractivity contribution in [2.24, 2.45) is 28.7 Å². The van der Waals surface area contributed by atoms with Crippen molar-refractivity contribution in [3.8, 4) is 0 Å². The first-order chi connectivity index (χ1) is 20.1. The molecule has 4 rings (SSSR count). The normalized spacial score (nSPS) is 42.6. The van der Waals surface area contributed by atoms with Crippen LogP contribution in [0, 0.1) is 6.92 Å². The van der Waals surface area contributed by atoms with E-state index in [2.05, 4.69) is 39.0 Å². The second kappa shape index (κ2) is 14.2. The van der Waals surface area contributed by atoms with E-state index in [1.54, 1.807) is 0 Å². The summed E-state index contributed by atoms with van der Waals surface area (Å²) < 4.78 is 24.0. The third kappa shape index (κ3) is 7.89. The maximum absolute atomic E-state index is 11.3. The van der Waals surface area contributed by atoms with Crippen LogP contribution in [0.4, 0.5) is 0 Å². The minimum absolute atomic E-state index is 0.0273. The third-order valence-corrected chi connectivity index (χ3v) is 9.94. The van der Waals surface area contributed by atoms with Gasteiger partial charge in [-0.15, -0.1) is 11.8 Å². The quantitative estimate of drug-likeness (QED) is 0.143. The lowest BCUT2D eigenvalue weighted by molar-refractivity contribution is -0.309. The van der Waals surface area contributed by atoms with Gasteiger partial charge in [0.2, 0.25) is 0 Å². The highest BCUT2D eigenvalue weighted by Gasteiger charge is 2.50. The summed E-state index contributed by atoms with van der Waals surface area (Å²) in [5, 5.41) is 43.2. The summed E-state index contributed by atoms with van der Waals surface area (Å²) in [6.45, 7) is 8.52. The smallest absolute Gasteiger partial charge is 0.186 e. The van der Waals surface area contributed by atoms with Crippen LogP contribution < -0.4 is 28.7 Å². The number of hydrogen-bond donors (Lipinski definition) is 9. The molecule has 14 heteroatoms. The van der Waals surface area contributed by atoms with Gasteiger partial charge in [0.25, 0.3) is 0 Å². The van der Waals surface area contributed by atoms with Crippen molar-refractivity contribution in [2.75, 3.05) is 12.3 Å². The Bertz CT molecular complexity index is 1070. The van der Waals surface area contributed by atoms with Gasteiger partial charge in [-0.2, -0.15) is 0 Å². The predicted molar refractivity (Wildman–Crippen MR) is 162 cm³/mol. The molecule has 1 aliphatic carbocycles. The molecular formula is C29H51N5O8S. The number of ether oxygens (including phenoxy) is 4. The van der Waals surface area contributed by atoms with Gasteiger partial charge in [-0.1, -0.05) is 32.9 Å². The minimum Gasteiger partial charge on any atom is -0.390 e. The zero-order valence-corrected chi connectivity index (χ0v) is 26.2. The molecule has 43 heavy (non-hydrogen) atoms.